The van der Waals surface area contributed by atoms with Crippen molar-refractivity contribution in [2.45, 2.75) is 54.7 Å². The molecule has 3 rings (SSSR count). The standard InChI is InChI=1S/C19H30FN3O5S/c1-18(5-9-27-2)14-23(8-10-28-18)16-3-7-21-13-17(16)29(25,26)22-19(4-6-20)11-15(24)12-19/h3,7,13,15,22,24H,4-6,8-12,14H2,1-2H3. The third-order valence-electron chi connectivity index (χ3n) is 5.74. The lowest BCUT2D eigenvalue weighted by atomic mass is 9.73. The average Bonchev–Trinajstić information content (AvgIpc) is 2.65. The Labute approximate surface area is 171 Å². The number of sulfonamides is 1. The Balaban J connectivity index is 1.84. The molecule has 0 aromatic carbocycles. The van der Waals surface area contributed by atoms with Crippen LogP contribution in [0, 0.1) is 0 Å². The molecule has 1 saturated carbocycles. The van der Waals surface area contributed by atoms with E-state index in [1.54, 1.807) is 19.4 Å². The zero-order chi connectivity index (χ0) is 21.1. The monoisotopic (exact) mass is 431 g/mol. The van der Waals surface area contributed by atoms with E-state index in [-0.39, 0.29) is 24.2 Å². The van der Waals surface area contributed by atoms with Gasteiger partial charge in [-0.25, -0.2) is 13.1 Å². The summed E-state index contributed by atoms with van der Waals surface area (Å²) in [6.45, 7) is 3.39. The van der Waals surface area contributed by atoms with E-state index >= 15 is 0 Å². The second-order valence-corrected chi connectivity index (χ2v) is 9.84. The zero-order valence-corrected chi connectivity index (χ0v) is 17.8. The number of ether oxygens (including phenoxy) is 2. The van der Waals surface area contributed by atoms with Gasteiger partial charge in [0.2, 0.25) is 10.0 Å². The molecule has 2 fully saturated rings. The van der Waals surface area contributed by atoms with Gasteiger partial charge in [0.05, 0.1) is 30.7 Å². The summed E-state index contributed by atoms with van der Waals surface area (Å²) in [5, 5.41) is 9.66. The topological polar surface area (TPSA) is 101 Å². The van der Waals surface area contributed by atoms with Crippen LogP contribution in [0.2, 0.25) is 0 Å². The lowest BCUT2D eigenvalue weighted by Crippen LogP contribution is -2.59. The third kappa shape index (κ3) is 5.05. The van der Waals surface area contributed by atoms with Crippen LogP contribution >= 0.6 is 0 Å². The van der Waals surface area contributed by atoms with Crippen molar-refractivity contribution in [3.05, 3.63) is 18.5 Å². The minimum atomic E-state index is -3.96. The van der Waals surface area contributed by atoms with Gasteiger partial charge in [0.25, 0.3) is 0 Å². The van der Waals surface area contributed by atoms with Gasteiger partial charge in [0.15, 0.2) is 0 Å². The molecule has 1 aromatic rings. The van der Waals surface area contributed by atoms with E-state index in [2.05, 4.69) is 9.71 Å². The average molecular weight is 432 g/mol. The fraction of sp³-hybridized carbons (Fsp3) is 0.737. The van der Waals surface area contributed by atoms with Gasteiger partial charge in [-0.15, -0.1) is 0 Å². The molecule has 0 radical (unpaired) electrons. The summed E-state index contributed by atoms with van der Waals surface area (Å²) in [4.78, 5) is 6.04. The summed E-state index contributed by atoms with van der Waals surface area (Å²) in [6, 6.07) is 1.67. The first-order chi connectivity index (χ1) is 13.7. The van der Waals surface area contributed by atoms with Crippen molar-refractivity contribution in [1.29, 1.82) is 0 Å². The van der Waals surface area contributed by atoms with Gasteiger partial charge in [-0.05, 0) is 32.3 Å². The highest BCUT2D eigenvalue weighted by molar-refractivity contribution is 7.89. The number of hydrogen-bond donors (Lipinski definition) is 2. The van der Waals surface area contributed by atoms with Crippen LogP contribution in [-0.2, 0) is 19.5 Å². The van der Waals surface area contributed by atoms with E-state index in [1.807, 2.05) is 11.8 Å². The van der Waals surface area contributed by atoms with E-state index in [1.165, 1.54) is 6.20 Å². The molecule has 0 spiro atoms. The molecule has 164 valence electrons. The summed E-state index contributed by atoms with van der Waals surface area (Å²) < 4.78 is 53.1. The van der Waals surface area contributed by atoms with Crippen molar-refractivity contribution < 1.29 is 27.4 Å². The van der Waals surface area contributed by atoms with E-state index in [0.717, 1.165) is 0 Å². The number of morpholine rings is 1. The molecule has 8 nitrogen and oxygen atoms in total. The zero-order valence-electron chi connectivity index (χ0n) is 16.9. The molecular formula is C19H30FN3O5S. The minimum Gasteiger partial charge on any atom is -0.393 e. The number of pyridine rings is 1. The first-order valence-corrected chi connectivity index (χ1v) is 11.3. The van der Waals surface area contributed by atoms with E-state index in [9.17, 15) is 17.9 Å². The van der Waals surface area contributed by atoms with Crippen molar-refractivity contribution in [2.24, 2.45) is 0 Å². The number of aromatic nitrogens is 1. The van der Waals surface area contributed by atoms with Crippen LogP contribution in [0.25, 0.3) is 0 Å². The summed E-state index contributed by atoms with van der Waals surface area (Å²) in [5.41, 5.74) is -0.868. The highest BCUT2D eigenvalue weighted by Crippen LogP contribution is 2.38. The lowest BCUT2D eigenvalue weighted by Gasteiger charge is -2.45. The van der Waals surface area contributed by atoms with E-state index < -0.39 is 33.9 Å². The Bertz CT molecular complexity index is 797. The summed E-state index contributed by atoms with van der Waals surface area (Å²) in [5.74, 6) is 0. The number of alkyl halides is 1. The maximum atomic E-state index is 13.2. The number of methoxy groups -OCH3 is 1. The molecule has 10 heteroatoms. The second-order valence-electron chi connectivity index (χ2n) is 8.19. The maximum absolute atomic E-state index is 13.2. The number of anilines is 1. The molecular weight excluding hydrogens is 401 g/mol. The Hall–Kier alpha value is -1.33. The number of rotatable bonds is 9. The van der Waals surface area contributed by atoms with Crippen LogP contribution in [0.1, 0.15) is 32.6 Å². The molecule has 1 atom stereocenters. The Morgan fingerprint density at radius 1 is 1.45 bits per heavy atom. The molecule has 1 saturated heterocycles. The van der Waals surface area contributed by atoms with Crippen molar-refractivity contribution >= 4 is 15.7 Å². The second kappa shape index (κ2) is 8.81. The van der Waals surface area contributed by atoms with E-state index in [0.29, 0.717) is 38.4 Å². The lowest BCUT2D eigenvalue weighted by molar-refractivity contribution is -0.0585. The molecule has 1 aliphatic heterocycles. The van der Waals surface area contributed by atoms with Crippen molar-refractivity contribution in [3.63, 3.8) is 0 Å². The first kappa shape index (κ1) is 22.4. The molecule has 29 heavy (non-hydrogen) atoms. The normalized spacial score (nSPS) is 30.2. The summed E-state index contributed by atoms with van der Waals surface area (Å²) in [6.07, 6.45) is 3.39. The predicted molar refractivity (Wildman–Crippen MR) is 106 cm³/mol. The van der Waals surface area contributed by atoms with E-state index in [4.69, 9.17) is 9.47 Å². The molecule has 1 unspecified atom stereocenters. The van der Waals surface area contributed by atoms with Crippen molar-refractivity contribution in [3.8, 4) is 0 Å². The van der Waals surface area contributed by atoms with Crippen LogP contribution in [0.5, 0.6) is 0 Å². The van der Waals surface area contributed by atoms with Crippen molar-refractivity contribution in [1.82, 2.24) is 9.71 Å². The van der Waals surface area contributed by atoms with Crippen LogP contribution in [0.3, 0.4) is 0 Å². The van der Waals surface area contributed by atoms with Gasteiger partial charge in [-0.3, -0.25) is 9.37 Å². The largest absolute Gasteiger partial charge is 0.393 e. The highest BCUT2D eigenvalue weighted by atomic mass is 32.2. The smallest absolute Gasteiger partial charge is 0.244 e. The van der Waals surface area contributed by atoms with Gasteiger partial charge < -0.3 is 19.5 Å². The quantitative estimate of drug-likeness (QED) is 0.607. The van der Waals surface area contributed by atoms with Gasteiger partial charge in [-0.2, -0.15) is 0 Å². The molecule has 2 heterocycles. The van der Waals surface area contributed by atoms with Crippen LogP contribution < -0.4 is 9.62 Å². The Morgan fingerprint density at radius 2 is 2.21 bits per heavy atom. The SMILES string of the molecule is COCCC1(C)CN(c2ccncc2S(=O)(=O)NC2(CCF)CC(O)C2)CCO1. The fourth-order valence-electron chi connectivity index (χ4n) is 4.15. The van der Waals surface area contributed by atoms with Gasteiger partial charge in [0, 0.05) is 51.2 Å². The van der Waals surface area contributed by atoms with Crippen LogP contribution in [0.15, 0.2) is 23.4 Å². The molecule has 1 aromatic heterocycles. The number of nitrogens with zero attached hydrogens (tertiary/aromatic N) is 2. The molecule has 1 aliphatic carbocycles. The molecule has 2 N–H and O–H groups in total. The summed E-state index contributed by atoms with van der Waals surface area (Å²) >= 11 is 0. The molecule has 0 amide bonds. The molecule has 0 bridgehead atoms. The summed E-state index contributed by atoms with van der Waals surface area (Å²) in [7, 11) is -2.32. The first-order valence-electron chi connectivity index (χ1n) is 9.82. The fourth-order valence-corrected chi connectivity index (χ4v) is 5.77. The van der Waals surface area contributed by atoms with Crippen LogP contribution in [-0.4, -0.2) is 75.8 Å². The number of halogens is 1. The highest BCUT2D eigenvalue weighted by Gasteiger charge is 2.46. The Kier molecular flexibility index (Phi) is 6.79. The van der Waals surface area contributed by atoms with Gasteiger partial charge in [-0.1, -0.05) is 0 Å². The maximum Gasteiger partial charge on any atom is 0.244 e. The van der Waals surface area contributed by atoms with Gasteiger partial charge >= 0.3 is 0 Å². The number of hydrogen-bond acceptors (Lipinski definition) is 7. The number of aliphatic hydroxyl groups is 1. The van der Waals surface area contributed by atoms with Gasteiger partial charge in [0.1, 0.15) is 4.90 Å². The molecule has 2 aliphatic rings. The number of aliphatic hydroxyl groups excluding tert-OH is 1. The van der Waals surface area contributed by atoms with Crippen LogP contribution in [0.4, 0.5) is 10.1 Å². The van der Waals surface area contributed by atoms with Crippen molar-refractivity contribution in [2.75, 3.05) is 45.0 Å². The third-order valence-corrected chi connectivity index (χ3v) is 7.34. The Morgan fingerprint density at radius 3 is 2.86 bits per heavy atom. The minimum absolute atomic E-state index is 0.0333. The predicted octanol–water partition coefficient (Wildman–Crippen LogP) is 1.24. The number of nitrogens with one attached hydrogen (secondary N) is 1.